The molecule has 0 aliphatic heterocycles. The van der Waals surface area contributed by atoms with Gasteiger partial charge in [-0.25, -0.2) is 22.8 Å². The first-order valence-electron chi connectivity index (χ1n) is 9.61. The van der Waals surface area contributed by atoms with Crippen LogP contribution in [-0.2, 0) is 23.1 Å². The number of alkyl halides is 3. The highest BCUT2D eigenvalue weighted by molar-refractivity contribution is 7.91. The van der Waals surface area contributed by atoms with E-state index >= 15 is 0 Å². The third kappa shape index (κ3) is 4.23. The maximum atomic E-state index is 13.8. The molecule has 4 rings (SSSR count). The van der Waals surface area contributed by atoms with E-state index < -0.39 is 27.5 Å². The average Bonchev–Trinajstić information content (AvgIpc) is 3.12. The Kier molecular flexibility index (Phi) is 6.07. The van der Waals surface area contributed by atoms with E-state index in [2.05, 4.69) is 15.0 Å². The van der Waals surface area contributed by atoms with Gasteiger partial charge in [-0.05, 0) is 29.8 Å². The van der Waals surface area contributed by atoms with Crippen LogP contribution in [0.5, 0.6) is 0 Å². The van der Waals surface area contributed by atoms with E-state index in [1.165, 1.54) is 42.9 Å². The summed E-state index contributed by atoms with van der Waals surface area (Å²) in [5, 5.41) is -0.510. The Hall–Kier alpha value is -2.76. The number of hydrogen-bond acceptors (Lipinski definition) is 5. The zero-order valence-electron chi connectivity index (χ0n) is 17.5. The van der Waals surface area contributed by atoms with Crippen LogP contribution in [0.3, 0.4) is 0 Å². The van der Waals surface area contributed by atoms with E-state index in [0.717, 1.165) is 12.3 Å². The van der Waals surface area contributed by atoms with Crippen molar-refractivity contribution in [2.75, 3.05) is 5.75 Å². The van der Waals surface area contributed by atoms with Gasteiger partial charge in [0, 0.05) is 18.8 Å². The molecule has 34 heavy (non-hydrogen) atoms. The molecule has 0 aliphatic rings. The number of imidazole rings is 1. The van der Waals surface area contributed by atoms with E-state index in [9.17, 15) is 26.0 Å². The number of hydrogen-bond donors (Lipinski definition) is 0. The molecule has 0 N–H and O–H groups in total. The molecular weight excluding hydrogens is 519 g/mol. The van der Waals surface area contributed by atoms with E-state index in [-0.39, 0.29) is 43.2 Å². The molecule has 0 unspecified atom stereocenters. The molecule has 0 saturated heterocycles. The van der Waals surface area contributed by atoms with Gasteiger partial charge in [0.2, 0.25) is 0 Å². The number of aryl methyl sites for hydroxylation is 1. The summed E-state index contributed by atoms with van der Waals surface area (Å²) in [6.07, 6.45) is -2.33. The Bertz CT molecular complexity index is 1530. The summed E-state index contributed by atoms with van der Waals surface area (Å²) in [6, 6.07) is 4.66. The quantitative estimate of drug-likeness (QED) is 0.239. The van der Waals surface area contributed by atoms with Crippen molar-refractivity contribution in [3.05, 3.63) is 58.2 Å². The molecule has 6 nitrogen and oxygen atoms in total. The summed E-state index contributed by atoms with van der Waals surface area (Å²) in [5.41, 5.74) is -0.337. The molecule has 3 aromatic heterocycles. The molecule has 3 heterocycles. The zero-order chi connectivity index (χ0) is 25.0. The molecular formula is C21H14Cl2F4N4O2S. The van der Waals surface area contributed by atoms with Crippen molar-refractivity contribution >= 4 is 44.1 Å². The molecule has 0 fully saturated rings. The lowest BCUT2D eigenvalue weighted by molar-refractivity contribution is -0.141. The molecule has 1 aromatic carbocycles. The summed E-state index contributed by atoms with van der Waals surface area (Å²) in [5.74, 6) is -1.06. The van der Waals surface area contributed by atoms with E-state index in [1.54, 1.807) is 0 Å². The molecule has 0 radical (unpaired) electrons. The van der Waals surface area contributed by atoms with Crippen molar-refractivity contribution in [3.8, 4) is 22.6 Å². The van der Waals surface area contributed by atoms with Crippen molar-refractivity contribution in [2.24, 2.45) is 7.05 Å². The molecule has 0 aliphatic carbocycles. The summed E-state index contributed by atoms with van der Waals surface area (Å²) >= 11 is 11.7. The number of rotatable bonds is 4. The molecule has 13 heteroatoms. The molecule has 178 valence electrons. The van der Waals surface area contributed by atoms with Gasteiger partial charge >= 0.3 is 6.18 Å². The number of pyridine rings is 2. The Balaban J connectivity index is 1.95. The molecule has 0 atom stereocenters. The zero-order valence-corrected chi connectivity index (χ0v) is 19.8. The summed E-state index contributed by atoms with van der Waals surface area (Å²) in [4.78, 5) is 11.7. The van der Waals surface area contributed by atoms with Gasteiger partial charge in [-0.2, -0.15) is 13.2 Å². The number of benzene rings is 1. The number of halogens is 6. The molecule has 4 aromatic rings. The van der Waals surface area contributed by atoms with Crippen molar-refractivity contribution in [1.29, 1.82) is 0 Å². The number of aromatic nitrogens is 4. The van der Waals surface area contributed by atoms with E-state index in [0.29, 0.717) is 11.1 Å². The van der Waals surface area contributed by atoms with Gasteiger partial charge in [-0.3, -0.25) is 4.98 Å². The van der Waals surface area contributed by atoms with Crippen LogP contribution in [0.1, 0.15) is 12.6 Å². The van der Waals surface area contributed by atoms with Gasteiger partial charge in [0.25, 0.3) is 0 Å². The smallest absolute Gasteiger partial charge is 0.324 e. The van der Waals surface area contributed by atoms with Crippen molar-refractivity contribution in [1.82, 2.24) is 19.5 Å². The number of fused-ring (bicyclic) bond motifs is 1. The predicted octanol–water partition coefficient (Wildman–Crippen LogP) is 5.96. The van der Waals surface area contributed by atoms with Gasteiger partial charge in [-0.15, -0.1) is 0 Å². The summed E-state index contributed by atoms with van der Waals surface area (Å²) < 4.78 is 80.3. The van der Waals surface area contributed by atoms with Crippen molar-refractivity contribution < 1.29 is 26.0 Å². The van der Waals surface area contributed by atoms with Gasteiger partial charge < -0.3 is 4.57 Å². The van der Waals surface area contributed by atoms with Crippen LogP contribution in [0.4, 0.5) is 17.6 Å². The molecule has 0 bridgehead atoms. The lowest BCUT2D eigenvalue weighted by Crippen LogP contribution is -2.09. The Morgan fingerprint density at radius 2 is 1.65 bits per heavy atom. The van der Waals surface area contributed by atoms with E-state index in [1.807, 2.05) is 0 Å². The monoisotopic (exact) mass is 532 g/mol. The largest absolute Gasteiger partial charge is 0.433 e. The standard InChI is InChI=1S/C21H14Cl2F4N4O2S/c1-3-34(32,33)16-6-11(10-4-12(22)18(24)13(23)5-10)8-29-19(16)20-30-14-7-17(21(25,26)27)28-9-15(14)31(20)2/h4-9H,3H2,1-2H3. The van der Waals surface area contributed by atoms with Crippen LogP contribution in [0, 0.1) is 5.82 Å². The fourth-order valence-electron chi connectivity index (χ4n) is 3.34. The fraction of sp³-hybridized carbons (Fsp3) is 0.190. The van der Waals surface area contributed by atoms with Gasteiger partial charge in [0.05, 0.1) is 37.9 Å². The highest BCUT2D eigenvalue weighted by atomic mass is 35.5. The average molecular weight is 533 g/mol. The highest BCUT2D eigenvalue weighted by Crippen LogP contribution is 2.35. The fourth-order valence-corrected chi connectivity index (χ4v) is 4.88. The van der Waals surface area contributed by atoms with Crippen LogP contribution < -0.4 is 0 Å². The van der Waals surface area contributed by atoms with E-state index in [4.69, 9.17) is 23.2 Å². The number of sulfone groups is 1. The normalized spacial score (nSPS) is 12.5. The lowest BCUT2D eigenvalue weighted by atomic mass is 10.1. The van der Waals surface area contributed by atoms with Crippen LogP contribution in [0.2, 0.25) is 10.0 Å². The van der Waals surface area contributed by atoms with Crippen molar-refractivity contribution in [2.45, 2.75) is 18.0 Å². The summed E-state index contributed by atoms with van der Waals surface area (Å²) in [7, 11) is -2.36. The second-order valence-corrected chi connectivity index (χ2v) is 10.3. The topological polar surface area (TPSA) is 77.7 Å². The maximum absolute atomic E-state index is 13.8. The first kappa shape index (κ1) is 24.4. The molecule has 0 saturated carbocycles. The van der Waals surface area contributed by atoms with Gasteiger partial charge in [0.1, 0.15) is 11.4 Å². The SMILES string of the molecule is CCS(=O)(=O)c1cc(-c2cc(Cl)c(F)c(Cl)c2)cnc1-c1nc2cc(C(F)(F)F)ncc2n1C. The van der Waals surface area contributed by atoms with Gasteiger partial charge in [-0.1, -0.05) is 30.1 Å². The maximum Gasteiger partial charge on any atom is 0.433 e. The Morgan fingerprint density at radius 1 is 1.00 bits per heavy atom. The first-order chi connectivity index (χ1) is 15.8. The minimum absolute atomic E-state index is 0.0253. The molecule has 0 spiro atoms. The Morgan fingerprint density at radius 3 is 2.24 bits per heavy atom. The van der Waals surface area contributed by atoms with Crippen LogP contribution in [-0.4, -0.2) is 33.7 Å². The van der Waals surface area contributed by atoms with Gasteiger partial charge in [0.15, 0.2) is 21.5 Å². The van der Waals surface area contributed by atoms with Crippen LogP contribution >= 0.6 is 23.2 Å². The van der Waals surface area contributed by atoms with Crippen LogP contribution in [0.15, 0.2) is 41.6 Å². The molecule has 0 amide bonds. The Labute approximate surface area is 201 Å². The summed E-state index contributed by atoms with van der Waals surface area (Å²) in [6.45, 7) is 1.44. The minimum atomic E-state index is -4.67. The third-order valence-corrected chi connectivity index (χ3v) is 7.45. The first-order valence-corrected chi connectivity index (χ1v) is 12.0. The van der Waals surface area contributed by atoms with Crippen LogP contribution in [0.25, 0.3) is 33.7 Å². The third-order valence-electron chi connectivity index (χ3n) is 5.15. The van der Waals surface area contributed by atoms with Crippen molar-refractivity contribution in [3.63, 3.8) is 0 Å². The predicted molar refractivity (Wildman–Crippen MR) is 120 cm³/mol. The second-order valence-electron chi connectivity index (χ2n) is 7.28. The minimum Gasteiger partial charge on any atom is -0.324 e. The second kappa shape index (κ2) is 8.47. The number of nitrogens with zero attached hydrogens (tertiary/aromatic N) is 4. The lowest BCUT2D eigenvalue weighted by Gasteiger charge is -2.12. The highest BCUT2D eigenvalue weighted by Gasteiger charge is 2.33.